The molecule has 4 aromatic rings. The number of hydrogen-bond donors (Lipinski definition) is 1. The molecule has 0 radical (unpaired) electrons. The second-order valence-electron chi connectivity index (χ2n) is 8.73. The first-order valence-corrected chi connectivity index (χ1v) is 13.3. The van der Waals surface area contributed by atoms with E-state index >= 15 is 0 Å². The first-order valence-electron chi connectivity index (χ1n) is 12.3. The van der Waals surface area contributed by atoms with Crippen molar-refractivity contribution in [2.24, 2.45) is 0 Å². The summed E-state index contributed by atoms with van der Waals surface area (Å²) >= 11 is 1.50. The molecular formula is C28H29N4O3S+. The third kappa shape index (κ3) is 4.15. The van der Waals surface area contributed by atoms with Crippen LogP contribution in [0.3, 0.4) is 0 Å². The van der Waals surface area contributed by atoms with E-state index in [0.717, 1.165) is 34.9 Å². The maximum atomic E-state index is 13.5. The van der Waals surface area contributed by atoms with Gasteiger partial charge in [-0.15, -0.1) is 0 Å². The zero-order chi connectivity index (χ0) is 25.2. The highest BCUT2D eigenvalue weighted by Crippen LogP contribution is 2.42. The summed E-state index contributed by atoms with van der Waals surface area (Å²) in [5.74, 6) is 1.35. The van der Waals surface area contributed by atoms with Gasteiger partial charge in [0.2, 0.25) is 11.1 Å². The molecule has 1 aliphatic rings. The van der Waals surface area contributed by atoms with Crippen molar-refractivity contribution < 1.29 is 14.2 Å². The number of carbonyl (C=O) groups excluding carboxylic acids is 1. The number of thioether (sulfide) groups is 1. The van der Waals surface area contributed by atoms with Crippen molar-refractivity contribution >= 4 is 34.1 Å². The van der Waals surface area contributed by atoms with Crippen LogP contribution in [-0.2, 0) is 4.79 Å². The van der Waals surface area contributed by atoms with Crippen molar-refractivity contribution in [1.82, 2.24) is 10.1 Å². The fourth-order valence-corrected chi connectivity index (χ4v) is 5.43. The summed E-state index contributed by atoms with van der Waals surface area (Å²) < 4.78 is 7.94. The van der Waals surface area contributed by atoms with Crippen LogP contribution in [0.4, 0.5) is 5.69 Å². The molecule has 1 N–H and O–H groups in total. The zero-order valence-corrected chi connectivity index (χ0v) is 21.5. The summed E-state index contributed by atoms with van der Waals surface area (Å²) in [4.78, 5) is 31.5. The summed E-state index contributed by atoms with van der Waals surface area (Å²) in [5, 5.41) is 7.40. The molecule has 1 atom stereocenters. The molecule has 0 aliphatic carbocycles. The third-order valence-corrected chi connectivity index (χ3v) is 7.26. The van der Waals surface area contributed by atoms with E-state index in [-0.39, 0.29) is 11.5 Å². The molecule has 184 valence electrons. The molecule has 0 unspecified atom stereocenters. The maximum Gasteiger partial charge on any atom is 0.325 e. The Hall–Kier alpha value is -3.65. The number of amides is 1. The zero-order valence-electron chi connectivity index (χ0n) is 20.7. The Morgan fingerprint density at radius 3 is 2.64 bits per heavy atom. The van der Waals surface area contributed by atoms with Crippen LogP contribution >= 0.6 is 11.8 Å². The number of rotatable bonds is 7. The minimum absolute atomic E-state index is 0.148. The summed E-state index contributed by atoms with van der Waals surface area (Å²) in [6.07, 6.45) is 1.09. The van der Waals surface area contributed by atoms with Gasteiger partial charge in [-0.2, -0.15) is 0 Å². The number of aromatic nitrogens is 3. The van der Waals surface area contributed by atoms with E-state index in [9.17, 15) is 9.59 Å². The number of nitrogens with one attached hydrogen (secondary N) is 1. The summed E-state index contributed by atoms with van der Waals surface area (Å²) in [7, 11) is 0. The standard InChI is InChI=1S/C28H28N4O3S/c1-4-16-35-23-15-14-19-10-6-7-11-20(19)24(23)27-31(18(3)33)22-13-9-8-12-21(22)25-26(34)29-28(30-32(25)27)36-17-5-2/h6-15,27H,4-5,16-17H2,1-3H3/p+1/t27-/m1/s1. The van der Waals surface area contributed by atoms with E-state index in [4.69, 9.17) is 9.84 Å². The largest absolute Gasteiger partial charge is 0.493 e. The highest BCUT2D eigenvalue weighted by molar-refractivity contribution is 7.99. The van der Waals surface area contributed by atoms with Gasteiger partial charge in [-0.1, -0.05) is 68.1 Å². The van der Waals surface area contributed by atoms with E-state index in [2.05, 4.69) is 18.8 Å². The lowest BCUT2D eigenvalue weighted by molar-refractivity contribution is -0.763. The van der Waals surface area contributed by atoms with Gasteiger partial charge in [-0.25, -0.2) is 4.90 Å². The van der Waals surface area contributed by atoms with Gasteiger partial charge in [0.25, 0.3) is 6.17 Å². The van der Waals surface area contributed by atoms with Crippen LogP contribution in [0.2, 0.25) is 0 Å². The average Bonchev–Trinajstić information content (AvgIpc) is 2.89. The fourth-order valence-electron chi connectivity index (χ4n) is 4.72. The maximum absolute atomic E-state index is 13.5. The van der Waals surface area contributed by atoms with Gasteiger partial charge in [0.05, 0.1) is 23.4 Å². The number of anilines is 1. The molecule has 3 aromatic carbocycles. The number of para-hydroxylation sites is 1. The Morgan fingerprint density at radius 1 is 1.08 bits per heavy atom. The van der Waals surface area contributed by atoms with E-state index < -0.39 is 6.17 Å². The third-order valence-electron chi connectivity index (χ3n) is 6.19. The number of fused-ring (bicyclic) bond motifs is 4. The molecule has 0 spiro atoms. The van der Waals surface area contributed by atoms with E-state index in [1.807, 2.05) is 60.7 Å². The smallest absolute Gasteiger partial charge is 0.325 e. The molecule has 36 heavy (non-hydrogen) atoms. The molecule has 5 rings (SSSR count). The van der Waals surface area contributed by atoms with Crippen LogP contribution in [0.25, 0.3) is 22.0 Å². The lowest BCUT2D eigenvalue weighted by Gasteiger charge is -2.32. The summed E-state index contributed by atoms with van der Waals surface area (Å²) in [5.41, 5.74) is 2.33. The minimum Gasteiger partial charge on any atom is -0.493 e. The Labute approximate surface area is 214 Å². The molecule has 2 heterocycles. The number of benzene rings is 3. The van der Waals surface area contributed by atoms with Gasteiger partial charge >= 0.3 is 11.3 Å². The number of hydrogen-bond acceptors (Lipinski definition) is 5. The molecule has 7 nitrogen and oxygen atoms in total. The number of carbonyl (C=O) groups is 1. The molecule has 0 saturated carbocycles. The fraction of sp³-hybridized carbons (Fsp3) is 0.286. The quantitative estimate of drug-likeness (QED) is 0.282. The van der Waals surface area contributed by atoms with Gasteiger partial charge in [0.1, 0.15) is 5.75 Å². The predicted molar refractivity (Wildman–Crippen MR) is 143 cm³/mol. The van der Waals surface area contributed by atoms with Gasteiger partial charge in [0.15, 0.2) is 0 Å². The summed E-state index contributed by atoms with van der Waals surface area (Å²) in [6, 6.07) is 19.5. The second-order valence-corrected chi connectivity index (χ2v) is 9.81. The highest BCUT2D eigenvalue weighted by atomic mass is 32.2. The van der Waals surface area contributed by atoms with E-state index in [1.165, 1.54) is 11.8 Å². The van der Waals surface area contributed by atoms with E-state index in [1.54, 1.807) is 16.5 Å². The van der Waals surface area contributed by atoms with Crippen molar-refractivity contribution in [3.8, 4) is 17.0 Å². The number of nitrogens with zero attached hydrogens (tertiary/aromatic N) is 3. The van der Waals surface area contributed by atoms with Crippen LogP contribution < -0.4 is 19.9 Å². The van der Waals surface area contributed by atoms with Crippen molar-refractivity contribution in [2.45, 2.75) is 44.9 Å². The Kier molecular flexibility index (Phi) is 6.78. The predicted octanol–water partition coefficient (Wildman–Crippen LogP) is 5.08. The van der Waals surface area contributed by atoms with Crippen LogP contribution in [0.1, 0.15) is 45.3 Å². The second kappa shape index (κ2) is 10.1. The van der Waals surface area contributed by atoms with Crippen molar-refractivity contribution in [1.29, 1.82) is 0 Å². The lowest BCUT2D eigenvalue weighted by atomic mass is 9.96. The molecule has 1 aromatic heterocycles. The van der Waals surface area contributed by atoms with Crippen molar-refractivity contribution in [3.63, 3.8) is 0 Å². The van der Waals surface area contributed by atoms with Crippen LogP contribution in [0, 0.1) is 0 Å². The first-order chi connectivity index (χ1) is 17.5. The molecule has 0 saturated heterocycles. The van der Waals surface area contributed by atoms with Crippen LogP contribution in [0.15, 0.2) is 70.6 Å². The monoisotopic (exact) mass is 501 g/mol. The van der Waals surface area contributed by atoms with E-state index in [0.29, 0.717) is 34.5 Å². The molecular weight excluding hydrogens is 472 g/mol. The van der Waals surface area contributed by atoms with Gasteiger partial charge in [-0.3, -0.25) is 14.6 Å². The Morgan fingerprint density at radius 2 is 1.86 bits per heavy atom. The Balaban J connectivity index is 1.88. The Bertz CT molecular complexity index is 1500. The lowest BCUT2D eigenvalue weighted by Crippen LogP contribution is -2.60. The molecule has 1 amide bonds. The topological polar surface area (TPSA) is 79.2 Å². The normalized spacial score (nSPS) is 14.4. The minimum atomic E-state index is -0.700. The highest BCUT2D eigenvalue weighted by Gasteiger charge is 2.46. The van der Waals surface area contributed by atoms with Crippen LogP contribution in [-0.4, -0.2) is 28.3 Å². The molecule has 8 heteroatoms. The average molecular weight is 502 g/mol. The number of ether oxygens (including phenoxy) is 1. The molecule has 0 fully saturated rings. The molecule has 0 bridgehead atoms. The van der Waals surface area contributed by atoms with Gasteiger partial charge in [-0.05, 0) is 46.5 Å². The van der Waals surface area contributed by atoms with Crippen molar-refractivity contribution in [3.05, 3.63) is 76.6 Å². The van der Waals surface area contributed by atoms with Gasteiger partial charge in [0, 0.05) is 17.8 Å². The molecule has 1 aliphatic heterocycles. The van der Waals surface area contributed by atoms with Crippen molar-refractivity contribution in [2.75, 3.05) is 17.3 Å². The SMILES string of the molecule is CCCOc1ccc2ccccc2c1[C@@H]1N(C(C)=O)c2ccccc2-c2c(=O)[nH]c(SCCC)n[n+]21. The van der Waals surface area contributed by atoms with Gasteiger partial charge < -0.3 is 4.74 Å². The first kappa shape index (κ1) is 24.1. The summed E-state index contributed by atoms with van der Waals surface area (Å²) in [6.45, 7) is 6.22. The number of H-pyrrole nitrogens is 1. The van der Waals surface area contributed by atoms with Crippen LogP contribution in [0.5, 0.6) is 5.75 Å². The number of aromatic amines is 1.